The lowest BCUT2D eigenvalue weighted by Crippen LogP contribution is -2.44. The third kappa shape index (κ3) is 6.17. The number of sulfonamides is 1. The molecule has 1 aliphatic rings. The Bertz CT molecular complexity index is 1260. The molecule has 3 N–H and O–H groups in total. The van der Waals surface area contributed by atoms with Gasteiger partial charge in [0.05, 0.1) is 22.3 Å². The van der Waals surface area contributed by atoms with Crippen molar-refractivity contribution in [3.05, 3.63) is 83.6 Å². The summed E-state index contributed by atoms with van der Waals surface area (Å²) in [6, 6.07) is 18.0. The number of aromatic nitrogens is 1. The van der Waals surface area contributed by atoms with E-state index in [4.69, 9.17) is 0 Å². The number of nitrogens with zero attached hydrogens (tertiary/aromatic N) is 2. The van der Waals surface area contributed by atoms with Crippen molar-refractivity contribution in [2.24, 2.45) is 0 Å². The van der Waals surface area contributed by atoms with Gasteiger partial charge in [0, 0.05) is 32.7 Å². The van der Waals surface area contributed by atoms with E-state index in [-0.39, 0.29) is 16.5 Å². The number of anilines is 2. The fourth-order valence-electron chi connectivity index (χ4n) is 3.93. The van der Waals surface area contributed by atoms with Gasteiger partial charge < -0.3 is 15.5 Å². The molecule has 1 saturated heterocycles. The van der Waals surface area contributed by atoms with Crippen LogP contribution in [0, 0.1) is 0 Å². The second kappa shape index (κ2) is 10.9. The molecule has 184 valence electrons. The summed E-state index contributed by atoms with van der Waals surface area (Å²) in [6.07, 6.45) is 1.46. The topological polar surface area (TPSA) is 103 Å². The van der Waals surface area contributed by atoms with Crippen LogP contribution in [0.15, 0.2) is 71.8 Å². The van der Waals surface area contributed by atoms with E-state index in [1.54, 1.807) is 18.2 Å². The maximum atomic E-state index is 13.2. The monoisotopic (exact) mass is 493 g/mol. The summed E-state index contributed by atoms with van der Waals surface area (Å²) in [4.78, 5) is 19.9. The van der Waals surface area contributed by atoms with E-state index in [1.807, 2.05) is 47.4 Å². The van der Waals surface area contributed by atoms with E-state index in [0.717, 1.165) is 24.2 Å². The van der Waals surface area contributed by atoms with Crippen molar-refractivity contribution in [1.82, 2.24) is 15.6 Å². The Morgan fingerprint density at radius 3 is 2.40 bits per heavy atom. The molecule has 0 bridgehead atoms. The largest absolute Gasteiger partial charge is 0.353 e. The van der Waals surface area contributed by atoms with Gasteiger partial charge >= 0.3 is 0 Å². The maximum Gasteiger partial charge on any atom is 0.261 e. The molecule has 1 aliphatic heterocycles. The SMILES string of the molecule is CC(C)c1ccc(S(=O)(=O)Nc2cnc(N3CCNCC3)c(C(=O)NCc3ccccc3)c2)cc1. The average molecular weight is 494 g/mol. The molecule has 0 spiro atoms. The zero-order valence-corrected chi connectivity index (χ0v) is 20.8. The van der Waals surface area contributed by atoms with Crippen LogP contribution in [0.5, 0.6) is 0 Å². The Balaban J connectivity index is 1.59. The van der Waals surface area contributed by atoms with Gasteiger partial charge in [-0.3, -0.25) is 9.52 Å². The minimum absolute atomic E-state index is 0.156. The third-order valence-corrected chi connectivity index (χ3v) is 7.33. The smallest absolute Gasteiger partial charge is 0.261 e. The second-order valence-corrected chi connectivity index (χ2v) is 10.5. The molecule has 2 heterocycles. The van der Waals surface area contributed by atoms with Gasteiger partial charge in [0.1, 0.15) is 5.82 Å². The average Bonchev–Trinajstić information content (AvgIpc) is 2.88. The summed E-state index contributed by atoms with van der Waals surface area (Å²) in [7, 11) is -3.84. The number of carbonyl (C=O) groups is 1. The Morgan fingerprint density at radius 1 is 1.06 bits per heavy atom. The van der Waals surface area contributed by atoms with E-state index in [1.165, 1.54) is 6.20 Å². The zero-order chi connectivity index (χ0) is 24.8. The number of hydrogen-bond acceptors (Lipinski definition) is 6. The van der Waals surface area contributed by atoms with E-state index in [0.29, 0.717) is 36.9 Å². The second-order valence-electron chi connectivity index (χ2n) is 8.83. The number of benzene rings is 2. The van der Waals surface area contributed by atoms with Gasteiger partial charge in [-0.2, -0.15) is 0 Å². The first kappa shape index (κ1) is 24.7. The molecular weight excluding hydrogens is 462 g/mol. The zero-order valence-electron chi connectivity index (χ0n) is 20.0. The molecule has 1 amide bonds. The normalized spacial score (nSPS) is 14.1. The first-order chi connectivity index (χ1) is 16.8. The fourth-order valence-corrected chi connectivity index (χ4v) is 4.96. The molecule has 3 aromatic rings. The Labute approximate surface area is 206 Å². The van der Waals surface area contributed by atoms with Gasteiger partial charge in [-0.15, -0.1) is 0 Å². The van der Waals surface area contributed by atoms with Crippen LogP contribution in [0.25, 0.3) is 0 Å². The van der Waals surface area contributed by atoms with Crippen LogP contribution in [0.1, 0.15) is 41.3 Å². The van der Waals surface area contributed by atoms with Crippen LogP contribution in [0.3, 0.4) is 0 Å². The molecule has 0 atom stereocenters. The summed E-state index contributed by atoms with van der Waals surface area (Å²) < 4.78 is 28.6. The molecule has 0 aliphatic carbocycles. The summed E-state index contributed by atoms with van der Waals surface area (Å²) in [5.41, 5.74) is 2.60. The van der Waals surface area contributed by atoms with Gasteiger partial charge in [0.25, 0.3) is 15.9 Å². The number of rotatable bonds is 8. The van der Waals surface area contributed by atoms with Crippen molar-refractivity contribution in [2.75, 3.05) is 35.8 Å². The van der Waals surface area contributed by atoms with Crippen LogP contribution >= 0.6 is 0 Å². The summed E-state index contributed by atoms with van der Waals surface area (Å²) in [5, 5.41) is 6.22. The molecule has 2 aromatic carbocycles. The Hall–Kier alpha value is -3.43. The van der Waals surface area contributed by atoms with Crippen LogP contribution in [0.4, 0.5) is 11.5 Å². The van der Waals surface area contributed by atoms with Crippen molar-refractivity contribution < 1.29 is 13.2 Å². The predicted octanol–water partition coefficient (Wildman–Crippen LogP) is 3.35. The van der Waals surface area contributed by atoms with Crippen LogP contribution in [0.2, 0.25) is 0 Å². The van der Waals surface area contributed by atoms with Gasteiger partial charge in [0.2, 0.25) is 0 Å². The molecular formula is C26H31N5O3S. The minimum atomic E-state index is -3.84. The molecule has 9 heteroatoms. The van der Waals surface area contributed by atoms with E-state index in [9.17, 15) is 13.2 Å². The van der Waals surface area contributed by atoms with Crippen molar-refractivity contribution in [3.8, 4) is 0 Å². The molecule has 1 fully saturated rings. The standard InChI is InChI=1S/C26H31N5O3S/c1-19(2)21-8-10-23(11-9-21)35(33,34)30-22-16-24(25(28-18-22)31-14-12-27-13-15-31)26(32)29-17-20-6-4-3-5-7-20/h3-11,16,18-19,27,30H,12-15,17H2,1-2H3,(H,29,32). The van der Waals surface area contributed by atoms with Crippen molar-refractivity contribution >= 4 is 27.4 Å². The van der Waals surface area contributed by atoms with E-state index >= 15 is 0 Å². The number of hydrogen-bond donors (Lipinski definition) is 3. The van der Waals surface area contributed by atoms with Gasteiger partial charge in [-0.05, 0) is 35.2 Å². The highest BCUT2D eigenvalue weighted by molar-refractivity contribution is 7.92. The number of piperazine rings is 1. The molecule has 0 unspecified atom stereocenters. The van der Waals surface area contributed by atoms with E-state index < -0.39 is 10.0 Å². The number of amides is 1. The lowest BCUT2D eigenvalue weighted by Gasteiger charge is -2.30. The third-order valence-electron chi connectivity index (χ3n) is 5.93. The summed E-state index contributed by atoms with van der Waals surface area (Å²) >= 11 is 0. The number of pyridine rings is 1. The molecule has 8 nitrogen and oxygen atoms in total. The quantitative estimate of drug-likeness (QED) is 0.445. The van der Waals surface area contributed by atoms with Crippen LogP contribution in [-0.4, -0.2) is 45.5 Å². The highest BCUT2D eigenvalue weighted by Crippen LogP contribution is 2.25. The maximum absolute atomic E-state index is 13.2. The minimum Gasteiger partial charge on any atom is -0.353 e. The molecule has 0 radical (unpaired) electrons. The predicted molar refractivity (Wildman–Crippen MR) is 138 cm³/mol. The highest BCUT2D eigenvalue weighted by Gasteiger charge is 2.22. The lowest BCUT2D eigenvalue weighted by atomic mass is 10.0. The van der Waals surface area contributed by atoms with Gasteiger partial charge in [-0.1, -0.05) is 56.3 Å². The molecule has 1 aromatic heterocycles. The number of carbonyl (C=O) groups excluding carboxylic acids is 1. The molecule has 4 rings (SSSR count). The van der Waals surface area contributed by atoms with Crippen molar-refractivity contribution in [2.45, 2.75) is 31.2 Å². The van der Waals surface area contributed by atoms with Crippen molar-refractivity contribution in [3.63, 3.8) is 0 Å². The summed E-state index contributed by atoms with van der Waals surface area (Å²) in [6.45, 7) is 7.45. The first-order valence-electron chi connectivity index (χ1n) is 11.7. The first-order valence-corrected chi connectivity index (χ1v) is 13.2. The van der Waals surface area contributed by atoms with Gasteiger partial charge in [0.15, 0.2) is 0 Å². The summed E-state index contributed by atoms with van der Waals surface area (Å²) in [5.74, 6) is 0.539. The number of nitrogens with one attached hydrogen (secondary N) is 3. The van der Waals surface area contributed by atoms with Gasteiger partial charge in [-0.25, -0.2) is 13.4 Å². The molecule has 35 heavy (non-hydrogen) atoms. The fraction of sp³-hybridized carbons (Fsp3) is 0.308. The van der Waals surface area contributed by atoms with Crippen LogP contribution < -0.4 is 20.3 Å². The van der Waals surface area contributed by atoms with E-state index in [2.05, 4.69) is 34.2 Å². The molecule has 0 saturated carbocycles. The highest BCUT2D eigenvalue weighted by atomic mass is 32.2. The van der Waals surface area contributed by atoms with Crippen molar-refractivity contribution in [1.29, 1.82) is 0 Å². The Morgan fingerprint density at radius 2 is 1.74 bits per heavy atom. The lowest BCUT2D eigenvalue weighted by molar-refractivity contribution is 0.0951. The Kier molecular flexibility index (Phi) is 7.67. The van der Waals surface area contributed by atoms with Crippen LogP contribution in [-0.2, 0) is 16.6 Å².